The van der Waals surface area contributed by atoms with Crippen LogP contribution in [0.15, 0.2) is 60.7 Å². The van der Waals surface area contributed by atoms with Gasteiger partial charge in [-0.25, -0.2) is 8.78 Å². The SMILES string of the molecule is CCCCCCCCc1ccc(-c2ccc(-c3ccc(OCCCCC(C)CCC)cc3)c(F)c2F)cc1. The number of rotatable bonds is 17. The zero-order valence-electron chi connectivity index (χ0n) is 23.7. The molecule has 1 atom stereocenters. The zero-order valence-corrected chi connectivity index (χ0v) is 23.7. The quantitative estimate of drug-likeness (QED) is 0.161. The number of benzene rings is 3. The molecule has 0 aliphatic carbocycles. The van der Waals surface area contributed by atoms with E-state index in [0.717, 1.165) is 30.9 Å². The fourth-order valence-corrected chi connectivity index (χ4v) is 5.11. The van der Waals surface area contributed by atoms with Crippen molar-refractivity contribution in [2.75, 3.05) is 6.61 Å². The van der Waals surface area contributed by atoms with E-state index >= 15 is 8.78 Å². The molecule has 3 aromatic rings. The highest BCUT2D eigenvalue weighted by atomic mass is 19.2. The van der Waals surface area contributed by atoms with Gasteiger partial charge >= 0.3 is 0 Å². The van der Waals surface area contributed by atoms with Crippen LogP contribution in [-0.4, -0.2) is 6.61 Å². The Bertz CT molecular complexity index is 1070. The molecule has 3 rings (SSSR count). The van der Waals surface area contributed by atoms with Gasteiger partial charge in [-0.2, -0.15) is 0 Å². The second-order valence-corrected chi connectivity index (χ2v) is 10.8. The maximum Gasteiger partial charge on any atom is 0.167 e. The first-order valence-electron chi connectivity index (χ1n) is 14.8. The third-order valence-corrected chi connectivity index (χ3v) is 7.47. The molecule has 0 heterocycles. The molecule has 0 N–H and O–H groups in total. The molecule has 3 aromatic carbocycles. The van der Waals surface area contributed by atoms with E-state index in [4.69, 9.17) is 4.74 Å². The van der Waals surface area contributed by atoms with E-state index in [2.05, 4.69) is 20.8 Å². The first kappa shape index (κ1) is 29.9. The molecule has 0 amide bonds. The summed E-state index contributed by atoms with van der Waals surface area (Å²) in [7, 11) is 0. The zero-order chi connectivity index (χ0) is 27.2. The van der Waals surface area contributed by atoms with Crippen LogP contribution < -0.4 is 4.74 Å². The molecule has 0 aliphatic rings. The summed E-state index contributed by atoms with van der Waals surface area (Å²) in [5, 5.41) is 0. The Balaban J connectivity index is 1.54. The van der Waals surface area contributed by atoms with Crippen molar-refractivity contribution in [2.24, 2.45) is 5.92 Å². The predicted octanol–water partition coefficient (Wildman–Crippen LogP) is 11.2. The Kier molecular flexibility index (Phi) is 12.8. The smallest absolute Gasteiger partial charge is 0.167 e. The summed E-state index contributed by atoms with van der Waals surface area (Å²) < 4.78 is 36.1. The van der Waals surface area contributed by atoms with Gasteiger partial charge in [-0.3, -0.25) is 0 Å². The molecule has 0 spiro atoms. The second-order valence-electron chi connectivity index (χ2n) is 10.8. The average molecular weight is 521 g/mol. The maximum absolute atomic E-state index is 15.1. The fraction of sp³-hybridized carbons (Fsp3) is 0.486. The van der Waals surface area contributed by atoms with E-state index < -0.39 is 11.6 Å². The van der Waals surface area contributed by atoms with E-state index in [1.807, 2.05) is 36.4 Å². The third kappa shape index (κ3) is 9.26. The van der Waals surface area contributed by atoms with Gasteiger partial charge in [0.05, 0.1) is 6.61 Å². The fourth-order valence-electron chi connectivity index (χ4n) is 5.11. The highest BCUT2D eigenvalue weighted by molar-refractivity contribution is 5.72. The lowest BCUT2D eigenvalue weighted by molar-refractivity contribution is 0.299. The molecule has 0 radical (unpaired) electrons. The minimum atomic E-state index is -0.812. The largest absolute Gasteiger partial charge is 0.494 e. The highest BCUT2D eigenvalue weighted by Gasteiger charge is 2.16. The Morgan fingerprint density at radius 3 is 1.79 bits per heavy atom. The third-order valence-electron chi connectivity index (χ3n) is 7.47. The number of ether oxygens (including phenoxy) is 1. The summed E-state index contributed by atoms with van der Waals surface area (Å²) in [4.78, 5) is 0. The van der Waals surface area contributed by atoms with Crippen molar-refractivity contribution in [3.63, 3.8) is 0 Å². The molecule has 0 bridgehead atoms. The van der Waals surface area contributed by atoms with Crippen LogP contribution in [0.5, 0.6) is 5.75 Å². The normalized spacial score (nSPS) is 12.0. The van der Waals surface area contributed by atoms with Gasteiger partial charge in [-0.05, 0) is 60.4 Å². The Morgan fingerprint density at radius 2 is 1.18 bits per heavy atom. The van der Waals surface area contributed by atoms with Crippen molar-refractivity contribution in [2.45, 2.75) is 97.8 Å². The number of unbranched alkanes of at least 4 members (excludes halogenated alkanes) is 6. The van der Waals surface area contributed by atoms with Crippen LogP contribution in [0.3, 0.4) is 0 Å². The van der Waals surface area contributed by atoms with Crippen molar-refractivity contribution in [1.82, 2.24) is 0 Å². The molecule has 38 heavy (non-hydrogen) atoms. The lowest BCUT2D eigenvalue weighted by atomic mass is 9.97. The standard InChI is InChI=1S/C35H46F2O/c1-4-6-7-8-9-10-15-28-16-18-29(19-17-28)32-24-25-33(35(37)34(32)36)30-20-22-31(23-21-30)38-26-12-11-14-27(3)13-5-2/h16-25,27H,4-15,26H2,1-3H3. The van der Waals surface area contributed by atoms with Gasteiger partial charge in [0.1, 0.15) is 5.75 Å². The molecule has 1 unspecified atom stereocenters. The average Bonchev–Trinajstić information content (AvgIpc) is 2.93. The molecule has 3 heteroatoms. The van der Waals surface area contributed by atoms with E-state index in [1.165, 1.54) is 63.4 Å². The molecule has 206 valence electrons. The maximum atomic E-state index is 15.1. The Hall–Kier alpha value is -2.68. The van der Waals surface area contributed by atoms with Crippen molar-refractivity contribution in [1.29, 1.82) is 0 Å². The predicted molar refractivity (Wildman–Crippen MR) is 158 cm³/mol. The van der Waals surface area contributed by atoms with Crippen LogP contribution in [0.25, 0.3) is 22.3 Å². The van der Waals surface area contributed by atoms with Crippen molar-refractivity contribution in [3.8, 4) is 28.0 Å². The molecule has 0 aliphatic heterocycles. The minimum Gasteiger partial charge on any atom is -0.494 e. The topological polar surface area (TPSA) is 9.23 Å². The van der Waals surface area contributed by atoms with Gasteiger partial charge in [-0.1, -0.05) is 121 Å². The van der Waals surface area contributed by atoms with Gasteiger partial charge < -0.3 is 4.74 Å². The van der Waals surface area contributed by atoms with Crippen molar-refractivity contribution < 1.29 is 13.5 Å². The number of aryl methyl sites for hydroxylation is 1. The molecular formula is C35H46F2O. The van der Waals surface area contributed by atoms with E-state index in [1.54, 1.807) is 24.3 Å². The second kappa shape index (κ2) is 16.3. The van der Waals surface area contributed by atoms with Crippen LogP contribution in [0.1, 0.15) is 97.0 Å². The van der Waals surface area contributed by atoms with Crippen LogP contribution in [-0.2, 0) is 6.42 Å². The first-order valence-corrected chi connectivity index (χ1v) is 14.8. The van der Waals surface area contributed by atoms with Crippen molar-refractivity contribution >= 4 is 0 Å². The van der Waals surface area contributed by atoms with Gasteiger partial charge in [0.15, 0.2) is 11.6 Å². The summed E-state index contributed by atoms with van der Waals surface area (Å²) in [6.45, 7) is 7.45. The van der Waals surface area contributed by atoms with Crippen LogP contribution >= 0.6 is 0 Å². The van der Waals surface area contributed by atoms with Gasteiger partial charge in [0.2, 0.25) is 0 Å². The molecule has 0 saturated heterocycles. The van der Waals surface area contributed by atoms with Crippen LogP contribution in [0, 0.1) is 17.6 Å². The summed E-state index contributed by atoms with van der Waals surface area (Å²) in [6, 6.07) is 18.5. The monoisotopic (exact) mass is 520 g/mol. The molecule has 0 fully saturated rings. The molecular weight excluding hydrogens is 474 g/mol. The summed E-state index contributed by atoms with van der Waals surface area (Å²) in [6.07, 6.45) is 14.6. The van der Waals surface area contributed by atoms with E-state index in [-0.39, 0.29) is 5.56 Å². The summed E-state index contributed by atoms with van der Waals surface area (Å²) >= 11 is 0. The highest BCUT2D eigenvalue weighted by Crippen LogP contribution is 2.32. The Morgan fingerprint density at radius 1 is 0.605 bits per heavy atom. The number of halogens is 2. The molecule has 0 aromatic heterocycles. The van der Waals surface area contributed by atoms with E-state index in [0.29, 0.717) is 23.3 Å². The summed E-state index contributed by atoms with van der Waals surface area (Å²) in [5.74, 6) is -0.0820. The Labute approximate surface area is 229 Å². The van der Waals surface area contributed by atoms with Crippen LogP contribution in [0.2, 0.25) is 0 Å². The van der Waals surface area contributed by atoms with Crippen LogP contribution in [0.4, 0.5) is 8.78 Å². The van der Waals surface area contributed by atoms with Gasteiger partial charge in [0, 0.05) is 11.1 Å². The molecule has 0 saturated carbocycles. The van der Waals surface area contributed by atoms with Gasteiger partial charge in [-0.15, -0.1) is 0 Å². The number of hydrogen-bond donors (Lipinski definition) is 0. The summed E-state index contributed by atoms with van der Waals surface area (Å²) in [5.41, 5.74) is 3.15. The van der Waals surface area contributed by atoms with E-state index in [9.17, 15) is 0 Å². The number of hydrogen-bond acceptors (Lipinski definition) is 1. The van der Waals surface area contributed by atoms with Gasteiger partial charge in [0.25, 0.3) is 0 Å². The lowest BCUT2D eigenvalue weighted by Gasteiger charge is -2.12. The van der Waals surface area contributed by atoms with Crippen molar-refractivity contribution in [3.05, 3.63) is 77.9 Å². The minimum absolute atomic E-state index is 0.266. The molecule has 1 nitrogen and oxygen atoms in total. The lowest BCUT2D eigenvalue weighted by Crippen LogP contribution is -2.00. The first-order chi connectivity index (χ1) is 18.5.